The molecule has 3 heteroatoms. The van der Waals surface area contributed by atoms with Gasteiger partial charge in [0.05, 0.1) is 12.0 Å². The monoisotopic (exact) mass is 185 g/mol. The van der Waals surface area contributed by atoms with Gasteiger partial charge in [0.15, 0.2) is 0 Å². The highest BCUT2D eigenvalue weighted by Crippen LogP contribution is 2.22. The predicted octanol–water partition coefficient (Wildman–Crippen LogP) is 1.29. The molecule has 0 heterocycles. The van der Waals surface area contributed by atoms with Gasteiger partial charge in [-0.25, -0.2) is 0 Å². The lowest BCUT2D eigenvalue weighted by Crippen LogP contribution is -2.29. The van der Waals surface area contributed by atoms with Crippen molar-refractivity contribution >= 4 is 11.6 Å². The van der Waals surface area contributed by atoms with Crippen LogP contribution in [0.2, 0.25) is 0 Å². The van der Waals surface area contributed by atoms with E-state index in [9.17, 15) is 0 Å². The van der Waals surface area contributed by atoms with Crippen LogP contribution in [-0.2, 0) is 0 Å². The van der Waals surface area contributed by atoms with Gasteiger partial charge in [-0.2, -0.15) is 0 Å². The molecule has 0 unspecified atom stereocenters. The van der Waals surface area contributed by atoms with Crippen LogP contribution in [0.1, 0.15) is 10.9 Å². The van der Waals surface area contributed by atoms with Gasteiger partial charge in [0, 0.05) is 6.04 Å². The third-order valence-corrected chi connectivity index (χ3v) is 2.28. The summed E-state index contributed by atoms with van der Waals surface area (Å²) < 4.78 is 0. The van der Waals surface area contributed by atoms with E-state index in [0.29, 0.717) is 0 Å². The van der Waals surface area contributed by atoms with Crippen molar-refractivity contribution < 1.29 is 5.11 Å². The number of alkyl halides is 1. The van der Waals surface area contributed by atoms with Crippen LogP contribution in [0.15, 0.2) is 30.3 Å². The number of aliphatic hydroxyl groups excluding tert-OH is 1. The first-order chi connectivity index (χ1) is 5.75. The van der Waals surface area contributed by atoms with Crippen molar-refractivity contribution in [3.63, 3.8) is 0 Å². The molecule has 0 bridgehead atoms. The zero-order valence-corrected chi connectivity index (χ0v) is 7.41. The molecule has 0 aliphatic rings. The molecule has 66 valence electrons. The molecule has 1 aromatic rings. The predicted molar refractivity (Wildman–Crippen MR) is 50.1 cm³/mol. The Morgan fingerprint density at radius 2 is 1.92 bits per heavy atom. The minimum atomic E-state index is -0.394. The van der Waals surface area contributed by atoms with Gasteiger partial charge in [0.1, 0.15) is 0 Å². The highest BCUT2D eigenvalue weighted by molar-refractivity contribution is 6.21. The van der Waals surface area contributed by atoms with Crippen molar-refractivity contribution in [2.45, 2.75) is 11.4 Å². The van der Waals surface area contributed by atoms with Crippen LogP contribution in [0.4, 0.5) is 0 Å². The molecule has 2 nitrogen and oxygen atoms in total. The summed E-state index contributed by atoms with van der Waals surface area (Å²) in [6.45, 7) is -0.0942. The van der Waals surface area contributed by atoms with Crippen LogP contribution in [-0.4, -0.2) is 17.8 Å². The van der Waals surface area contributed by atoms with Gasteiger partial charge in [-0.05, 0) is 5.56 Å². The Hall–Kier alpha value is -0.570. The Morgan fingerprint density at radius 1 is 1.33 bits per heavy atom. The molecule has 0 amide bonds. The smallest absolute Gasteiger partial charge is 0.0758 e. The largest absolute Gasteiger partial charge is 0.395 e. The quantitative estimate of drug-likeness (QED) is 0.698. The van der Waals surface area contributed by atoms with Crippen molar-refractivity contribution in [2.24, 2.45) is 5.73 Å². The second kappa shape index (κ2) is 4.45. The molecule has 0 fully saturated rings. The number of rotatable bonds is 3. The molecule has 0 saturated carbocycles. The number of aliphatic hydroxyl groups is 1. The van der Waals surface area contributed by atoms with E-state index in [0.717, 1.165) is 5.56 Å². The van der Waals surface area contributed by atoms with Crippen LogP contribution < -0.4 is 5.73 Å². The Morgan fingerprint density at radius 3 is 2.42 bits per heavy atom. The van der Waals surface area contributed by atoms with Gasteiger partial charge in [-0.15, -0.1) is 11.6 Å². The fourth-order valence-electron chi connectivity index (χ4n) is 0.977. The first-order valence-corrected chi connectivity index (χ1v) is 4.25. The van der Waals surface area contributed by atoms with E-state index < -0.39 is 6.04 Å². The fourth-order valence-corrected chi connectivity index (χ4v) is 1.20. The summed E-state index contributed by atoms with van der Waals surface area (Å²) in [5.41, 5.74) is 6.51. The number of hydrogen-bond donors (Lipinski definition) is 2. The third-order valence-electron chi connectivity index (χ3n) is 1.70. The molecule has 0 saturated heterocycles. The molecule has 2 atom stereocenters. The van der Waals surface area contributed by atoms with Gasteiger partial charge in [-0.1, -0.05) is 30.3 Å². The first kappa shape index (κ1) is 9.52. The van der Waals surface area contributed by atoms with E-state index in [1.54, 1.807) is 0 Å². The molecule has 0 aliphatic heterocycles. The summed E-state index contributed by atoms with van der Waals surface area (Å²) >= 11 is 5.97. The van der Waals surface area contributed by atoms with Crippen LogP contribution in [0.25, 0.3) is 0 Å². The van der Waals surface area contributed by atoms with E-state index in [1.807, 2.05) is 30.3 Å². The maximum Gasteiger partial charge on any atom is 0.0758 e. The molecule has 3 N–H and O–H groups in total. The maximum atomic E-state index is 8.76. The summed E-state index contributed by atoms with van der Waals surface area (Å²) in [6.07, 6.45) is 0. The van der Waals surface area contributed by atoms with Crippen molar-refractivity contribution in [1.82, 2.24) is 0 Å². The lowest BCUT2D eigenvalue weighted by atomic mass is 10.1. The summed E-state index contributed by atoms with van der Waals surface area (Å²) in [5, 5.41) is 8.45. The van der Waals surface area contributed by atoms with Crippen molar-refractivity contribution in [1.29, 1.82) is 0 Å². The van der Waals surface area contributed by atoms with E-state index in [-0.39, 0.29) is 12.0 Å². The van der Waals surface area contributed by atoms with Crippen LogP contribution in [0.3, 0.4) is 0 Å². The first-order valence-electron chi connectivity index (χ1n) is 3.81. The van der Waals surface area contributed by atoms with Gasteiger partial charge in [0.25, 0.3) is 0 Å². The zero-order chi connectivity index (χ0) is 8.97. The Balaban J connectivity index is 2.71. The average molecular weight is 186 g/mol. The summed E-state index contributed by atoms with van der Waals surface area (Å²) in [6, 6.07) is 9.11. The van der Waals surface area contributed by atoms with Crippen molar-refractivity contribution in [3.8, 4) is 0 Å². The molecule has 12 heavy (non-hydrogen) atoms. The Bertz CT molecular complexity index is 227. The molecule has 0 aromatic heterocycles. The Labute approximate surface area is 77.0 Å². The zero-order valence-electron chi connectivity index (χ0n) is 6.65. The van der Waals surface area contributed by atoms with Gasteiger partial charge in [-0.3, -0.25) is 0 Å². The number of halogens is 1. The molecule has 1 rings (SSSR count). The highest BCUT2D eigenvalue weighted by Gasteiger charge is 2.14. The number of nitrogens with two attached hydrogens (primary N) is 1. The summed E-state index contributed by atoms with van der Waals surface area (Å²) in [7, 11) is 0. The third kappa shape index (κ3) is 2.21. The SMILES string of the molecule is N[C@H](CO)[C@@H](Cl)c1ccccc1. The number of hydrogen-bond acceptors (Lipinski definition) is 2. The lowest BCUT2D eigenvalue weighted by Gasteiger charge is -2.15. The highest BCUT2D eigenvalue weighted by atomic mass is 35.5. The van der Waals surface area contributed by atoms with Gasteiger partial charge >= 0.3 is 0 Å². The lowest BCUT2D eigenvalue weighted by molar-refractivity contribution is 0.263. The molecule has 0 radical (unpaired) electrons. The van der Waals surface area contributed by atoms with Crippen LogP contribution in [0.5, 0.6) is 0 Å². The van der Waals surface area contributed by atoms with Crippen molar-refractivity contribution in [2.75, 3.05) is 6.61 Å². The van der Waals surface area contributed by atoms with Gasteiger partial charge < -0.3 is 10.8 Å². The topological polar surface area (TPSA) is 46.2 Å². The second-order valence-electron chi connectivity index (χ2n) is 2.66. The van der Waals surface area contributed by atoms with Crippen LogP contribution >= 0.6 is 11.6 Å². The van der Waals surface area contributed by atoms with E-state index in [2.05, 4.69) is 0 Å². The minimum absolute atomic E-state index is 0.0942. The molecule has 0 aliphatic carbocycles. The van der Waals surface area contributed by atoms with Crippen molar-refractivity contribution in [3.05, 3.63) is 35.9 Å². The molecular formula is C9H12ClNO. The van der Waals surface area contributed by atoms with E-state index in [1.165, 1.54) is 0 Å². The second-order valence-corrected chi connectivity index (χ2v) is 3.13. The van der Waals surface area contributed by atoms with Crippen LogP contribution in [0, 0.1) is 0 Å². The molecule has 0 spiro atoms. The van der Waals surface area contributed by atoms with E-state index in [4.69, 9.17) is 22.4 Å². The Kier molecular flexibility index (Phi) is 3.53. The van der Waals surface area contributed by atoms with Gasteiger partial charge in [0.2, 0.25) is 0 Å². The fraction of sp³-hybridized carbons (Fsp3) is 0.333. The average Bonchev–Trinajstić information content (AvgIpc) is 2.17. The minimum Gasteiger partial charge on any atom is -0.395 e. The number of benzene rings is 1. The maximum absolute atomic E-state index is 8.76. The summed E-state index contributed by atoms with van der Waals surface area (Å²) in [5.74, 6) is 0. The van der Waals surface area contributed by atoms with E-state index >= 15 is 0 Å². The molecular weight excluding hydrogens is 174 g/mol. The molecule has 1 aromatic carbocycles. The normalized spacial score (nSPS) is 15.6. The summed E-state index contributed by atoms with van der Waals surface area (Å²) in [4.78, 5) is 0. The standard InChI is InChI=1S/C9H12ClNO/c10-9(8(11)6-12)7-4-2-1-3-5-7/h1-5,8-9,12H,6,11H2/t8-,9+/m1/s1.